The molecule has 3 rings (SSSR count). The predicted molar refractivity (Wildman–Crippen MR) is 115 cm³/mol. The molecule has 3 aromatic carbocycles. The van der Waals surface area contributed by atoms with Crippen LogP contribution in [-0.4, -0.2) is 15.0 Å². The first kappa shape index (κ1) is 22.2. The summed E-state index contributed by atoms with van der Waals surface area (Å²) in [5, 5.41) is 8.79. The van der Waals surface area contributed by atoms with Gasteiger partial charge >= 0.3 is 0 Å². The van der Waals surface area contributed by atoms with Crippen LogP contribution in [0.25, 0.3) is 0 Å². The van der Waals surface area contributed by atoms with E-state index in [1.807, 2.05) is 24.3 Å². The third kappa shape index (κ3) is 6.27. The second-order valence-corrected chi connectivity index (χ2v) is 8.72. The molecule has 158 valence electrons. The van der Waals surface area contributed by atoms with Gasteiger partial charge in [-0.25, -0.2) is 17.9 Å². The molecule has 0 bridgehead atoms. The highest BCUT2D eigenvalue weighted by atomic mass is 35.5. The van der Waals surface area contributed by atoms with Crippen molar-refractivity contribution in [2.45, 2.75) is 24.5 Å². The number of nitrogens with two attached hydrogens (primary N) is 1. The molecular formula is C22H22ClFN2O3S. The molecule has 5 nitrogen and oxygen atoms in total. The maximum absolute atomic E-state index is 13.2. The van der Waals surface area contributed by atoms with Gasteiger partial charge in [-0.2, -0.15) is 0 Å². The molecule has 0 saturated heterocycles. The highest BCUT2D eigenvalue weighted by Crippen LogP contribution is 2.22. The summed E-state index contributed by atoms with van der Waals surface area (Å²) in [6.07, 6.45) is 0.735. The van der Waals surface area contributed by atoms with Crippen LogP contribution >= 0.6 is 11.6 Å². The lowest BCUT2D eigenvalue weighted by Crippen LogP contribution is -2.17. The number of hydrogen-bond acceptors (Lipinski definition) is 4. The van der Waals surface area contributed by atoms with Crippen LogP contribution in [0.1, 0.15) is 16.7 Å². The fraction of sp³-hybridized carbons (Fsp3) is 0.182. The van der Waals surface area contributed by atoms with Crippen molar-refractivity contribution in [3.05, 3.63) is 94.3 Å². The molecule has 3 N–H and O–H groups in total. The van der Waals surface area contributed by atoms with E-state index < -0.39 is 10.0 Å². The average molecular weight is 449 g/mol. The predicted octanol–water partition coefficient (Wildman–Crippen LogP) is 4.04. The lowest BCUT2D eigenvalue weighted by atomic mass is 10.1. The summed E-state index contributed by atoms with van der Waals surface area (Å²) < 4.78 is 41.7. The summed E-state index contributed by atoms with van der Waals surface area (Å²) >= 11 is 6.06. The number of sulfonamides is 1. The zero-order valence-electron chi connectivity index (χ0n) is 16.1. The fourth-order valence-electron chi connectivity index (χ4n) is 2.89. The van der Waals surface area contributed by atoms with Crippen molar-refractivity contribution in [1.29, 1.82) is 0 Å². The second-order valence-electron chi connectivity index (χ2n) is 6.75. The Labute approximate surface area is 180 Å². The highest BCUT2D eigenvalue weighted by molar-refractivity contribution is 7.89. The zero-order chi connectivity index (χ0) is 21.6. The zero-order valence-corrected chi connectivity index (χ0v) is 17.7. The minimum atomic E-state index is -3.67. The number of primary sulfonamides is 1. The molecule has 0 aliphatic carbocycles. The van der Waals surface area contributed by atoms with Crippen LogP contribution in [0.4, 0.5) is 4.39 Å². The normalized spacial score (nSPS) is 11.4. The van der Waals surface area contributed by atoms with E-state index in [1.165, 1.54) is 24.3 Å². The van der Waals surface area contributed by atoms with Gasteiger partial charge in [0.15, 0.2) is 0 Å². The Morgan fingerprint density at radius 3 is 2.43 bits per heavy atom. The molecule has 0 atom stereocenters. The van der Waals surface area contributed by atoms with Crippen molar-refractivity contribution in [1.82, 2.24) is 5.32 Å². The maximum Gasteiger partial charge on any atom is 0.238 e. The number of hydrogen-bond donors (Lipinski definition) is 2. The van der Waals surface area contributed by atoms with E-state index in [0.29, 0.717) is 23.7 Å². The molecule has 0 aliphatic rings. The molecule has 0 unspecified atom stereocenters. The van der Waals surface area contributed by atoms with Crippen molar-refractivity contribution in [2.75, 3.05) is 6.54 Å². The van der Waals surface area contributed by atoms with Crippen molar-refractivity contribution in [3.63, 3.8) is 0 Å². The van der Waals surface area contributed by atoms with Gasteiger partial charge in [0.2, 0.25) is 10.0 Å². The number of rotatable bonds is 9. The number of halogens is 2. The molecular weight excluding hydrogens is 427 g/mol. The minimum Gasteiger partial charge on any atom is -0.489 e. The van der Waals surface area contributed by atoms with E-state index in [4.69, 9.17) is 21.5 Å². The van der Waals surface area contributed by atoms with Crippen LogP contribution in [0, 0.1) is 5.82 Å². The van der Waals surface area contributed by atoms with Crippen molar-refractivity contribution >= 4 is 21.6 Å². The van der Waals surface area contributed by atoms with E-state index in [0.717, 1.165) is 23.3 Å². The van der Waals surface area contributed by atoms with Gasteiger partial charge in [0.25, 0.3) is 0 Å². The monoisotopic (exact) mass is 448 g/mol. The Hall–Kier alpha value is -2.45. The average Bonchev–Trinajstić information content (AvgIpc) is 2.71. The molecule has 0 fully saturated rings. The van der Waals surface area contributed by atoms with Gasteiger partial charge in [0.05, 0.1) is 9.92 Å². The molecule has 0 saturated carbocycles. The molecule has 3 aromatic rings. The smallest absolute Gasteiger partial charge is 0.238 e. The first-order chi connectivity index (χ1) is 14.3. The van der Waals surface area contributed by atoms with Crippen molar-refractivity contribution in [3.8, 4) is 5.75 Å². The van der Waals surface area contributed by atoms with Gasteiger partial charge in [-0.3, -0.25) is 0 Å². The van der Waals surface area contributed by atoms with E-state index in [9.17, 15) is 12.8 Å². The van der Waals surface area contributed by atoms with Gasteiger partial charge < -0.3 is 10.1 Å². The quantitative estimate of drug-likeness (QED) is 0.484. The molecule has 0 spiro atoms. The van der Waals surface area contributed by atoms with E-state index in [-0.39, 0.29) is 17.3 Å². The summed E-state index contributed by atoms with van der Waals surface area (Å²) in [6, 6.07) is 18.4. The van der Waals surface area contributed by atoms with Gasteiger partial charge in [0, 0.05) is 17.7 Å². The van der Waals surface area contributed by atoms with E-state index >= 15 is 0 Å². The van der Waals surface area contributed by atoms with E-state index in [2.05, 4.69) is 5.32 Å². The number of benzene rings is 3. The Kier molecular flexibility index (Phi) is 7.44. The summed E-state index contributed by atoms with van der Waals surface area (Å²) in [4.78, 5) is 0.103. The summed E-state index contributed by atoms with van der Waals surface area (Å²) in [5.74, 6) is 0.343. The van der Waals surface area contributed by atoms with Gasteiger partial charge in [0.1, 0.15) is 18.2 Å². The van der Waals surface area contributed by atoms with Crippen LogP contribution in [-0.2, 0) is 29.6 Å². The first-order valence-electron chi connectivity index (χ1n) is 9.30. The number of ether oxygens (including phenoxy) is 1. The van der Waals surface area contributed by atoms with Crippen LogP contribution < -0.4 is 15.2 Å². The maximum atomic E-state index is 13.2. The fourth-order valence-corrected chi connectivity index (χ4v) is 3.62. The summed E-state index contributed by atoms with van der Waals surface area (Å²) in [5.41, 5.74) is 2.70. The molecule has 0 radical (unpaired) electrons. The van der Waals surface area contributed by atoms with Gasteiger partial charge in [-0.15, -0.1) is 0 Å². The van der Waals surface area contributed by atoms with Crippen LogP contribution in [0.3, 0.4) is 0 Å². The van der Waals surface area contributed by atoms with Gasteiger partial charge in [-0.1, -0.05) is 48.0 Å². The minimum absolute atomic E-state index is 0.103. The largest absolute Gasteiger partial charge is 0.489 e. The third-order valence-electron chi connectivity index (χ3n) is 4.53. The van der Waals surface area contributed by atoms with Crippen LogP contribution in [0.5, 0.6) is 5.75 Å². The first-order valence-corrected chi connectivity index (χ1v) is 11.2. The highest BCUT2D eigenvalue weighted by Gasteiger charge is 2.08. The lowest BCUT2D eigenvalue weighted by Gasteiger charge is -2.13. The number of para-hydroxylation sites is 1. The Morgan fingerprint density at radius 2 is 1.73 bits per heavy atom. The topological polar surface area (TPSA) is 81.4 Å². The van der Waals surface area contributed by atoms with Crippen molar-refractivity contribution < 1.29 is 17.5 Å². The van der Waals surface area contributed by atoms with Crippen LogP contribution in [0.15, 0.2) is 71.6 Å². The van der Waals surface area contributed by atoms with E-state index in [1.54, 1.807) is 18.2 Å². The molecule has 0 aliphatic heterocycles. The lowest BCUT2D eigenvalue weighted by molar-refractivity contribution is 0.302. The van der Waals surface area contributed by atoms with Gasteiger partial charge in [-0.05, 0) is 48.9 Å². The molecule has 0 heterocycles. The van der Waals surface area contributed by atoms with Crippen molar-refractivity contribution in [2.24, 2.45) is 5.14 Å². The summed E-state index contributed by atoms with van der Waals surface area (Å²) in [7, 11) is -3.67. The second kappa shape index (κ2) is 10.0. The molecule has 8 heteroatoms. The Balaban J connectivity index is 1.52. The summed E-state index contributed by atoms with van der Waals surface area (Å²) in [6.45, 7) is 1.54. The Morgan fingerprint density at radius 1 is 1.00 bits per heavy atom. The number of nitrogens with one attached hydrogen (secondary N) is 1. The SMILES string of the molecule is NS(=O)(=O)c1ccc(CCNCc2ccccc2OCc2ccc(F)cc2Cl)cc1. The molecule has 0 amide bonds. The van der Waals surface area contributed by atoms with Crippen LogP contribution in [0.2, 0.25) is 5.02 Å². The molecule has 0 aromatic heterocycles. The molecule has 30 heavy (non-hydrogen) atoms. The third-order valence-corrected chi connectivity index (χ3v) is 5.81. The Bertz CT molecular complexity index is 1110. The standard InChI is InChI=1S/C22H22ClFN2O3S/c23-21-13-19(24)8-7-18(21)15-29-22-4-2-1-3-17(22)14-26-12-11-16-5-9-20(10-6-16)30(25,27)28/h1-10,13,26H,11-12,14-15H2,(H2,25,27,28).